The van der Waals surface area contributed by atoms with Gasteiger partial charge in [0.25, 0.3) is 0 Å². The summed E-state index contributed by atoms with van der Waals surface area (Å²) in [7, 11) is 1.32. The van der Waals surface area contributed by atoms with Gasteiger partial charge in [-0.25, -0.2) is 0 Å². The molecule has 0 radical (unpaired) electrons. The van der Waals surface area contributed by atoms with E-state index in [0.29, 0.717) is 38.5 Å². The Labute approximate surface area is 118 Å². The summed E-state index contributed by atoms with van der Waals surface area (Å²) in [5.41, 5.74) is 5.63. The number of ether oxygens (including phenoxy) is 2. The number of nitrogens with two attached hydrogens (primary N) is 1. The van der Waals surface area contributed by atoms with E-state index in [1.54, 1.807) is 0 Å². The molecule has 0 aliphatic carbocycles. The van der Waals surface area contributed by atoms with E-state index in [-0.39, 0.29) is 11.2 Å². The van der Waals surface area contributed by atoms with Crippen molar-refractivity contribution in [2.75, 3.05) is 39.2 Å². The number of carbonyl (C=O) groups is 2. The van der Waals surface area contributed by atoms with E-state index in [0.717, 1.165) is 0 Å². The third-order valence-corrected chi connectivity index (χ3v) is 4.14. The second-order valence-corrected chi connectivity index (χ2v) is 5.82. The standard InChI is InChI=1S/C12H22N2O4S/c1-9(11(15)14-4-6-18-7-5-14)19-8-3-10(13)12(16)17-2/h9-10H,3-8,13H2,1-2H3. The summed E-state index contributed by atoms with van der Waals surface area (Å²) in [5.74, 6) is 0.376. The lowest BCUT2D eigenvalue weighted by atomic mass is 10.2. The van der Waals surface area contributed by atoms with Gasteiger partial charge in [-0.2, -0.15) is 0 Å². The molecule has 0 aromatic rings. The normalized spacial score (nSPS) is 18.8. The molecule has 1 aliphatic heterocycles. The lowest BCUT2D eigenvalue weighted by Crippen LogP contribution is -2.44. The zero-order valence-corrected chi connectivity index (χ0v) is 12.3. The molecule has 0 spiro atoms. The maximum Gasteiger partial charge on any atom is 0.322 e. The average Bonchev–Trinajstić information content (AvgIpc) is 2.46. The largest absolute Gasteiger partial charge is 0.468 e. The van der Waals surface area contributed by atoms with Gasteiger partial charge in [-0.05, 0) is 19.1 Å². The predicted molar refractivity (Wildman–Crippen MR) is 73.9 cm³/mol. The number of rotatable bonds is 6. The van der Waals surface area contributed by atoms with Gasteiger partial charge in [0.2, 0.25) is 5.91 Å². The van der Waals surface area contributed by atoms with Crippen LogP contribution in [-0.4, -0.2) is 67.2 Å². The molecule has 6 nitrogen and oxygen atoms in total. The van der Waals surface area contributed by atoms with Gasteiger partial charge in [0.1, 0.15) is 6.04 Å². The minimum Gasteiger partial charge on any atom is -0.468 e. The number of hydrogen-bond acceptors (Lipinski definition) is 6. The molecule has 1 amide bonds. The first-order chi connectivity index (χ1) is 9.06. The maximum absolute atomic E-state index is 12.1. The smallest absolute Gasteiger partial charge is 0.322 e. The Hall–Kier alpha value is -0.790. The summed E-state index contributed by atoms with van der Waals surface area (Å²) >= 11 is 1.51. The van der Waals surface area contributed by atoms with Crippen molar-refractivity contribution in [2.45, 2.75) is 24.6 Å². The number of amides is 1. The maximum atomic E-state index is 12.1. The van der Waals surface area contributed by atoms with Crippen molar-refractivity contribution in [1.29, 1.82) is 0 Å². The molecule has 1 heterocycles. The molecule has 0 aromatic carbocycles. The van der Waals surface area contributed by atoms with Crippen molar-refractivity contribution >= 4 is 23.6 Å². The second-order valence-electron chi connectivity index (χ2n) is 4.37. The number of nitrogens with zero attached hydrogens (tertiary/aromatic N) is 1. The number of methoxy groups -OCH3 is 1. The number of carbonyl (C=O) groups excluding carboxylic acids is 2. The van der Waals surface area contributed by atoms with Gasteiger partial charge in [-0.1, -0.05) is 0 Å². The van der Waals surface area contributed by atoms with E-state index in [2.05, 4.69) is 4.74 Å². The third-order valence-electron chi connectivity index (χ3n) is 2.97. The van der Waals surface area contributed by atoms with E-state index in [4.69, 9.17) is 10.5 Å². The molecule has 1 fully saturated rings. The molecule has 2 unspecified atom stereocenters. The van der Waals surface area contributed by atoms with Crippen molar-refractivity contribution in [3.8, 4) is 0 Å². The molecule has 0 bridgehead atoms. The molecular weight excluding hydrogens is 268 g/mol. The summed E-state index contributed by atoms with van der Waals surface area (Å²) in [5, 5.41) is -0.122. The zero-order valence-electron chi connectivity index (χ0n) is 11.5. The molecule has 19 heavy (non-hydrogen) atoms. The van der Waals surface area contributed by atoms with Gasteiger partial charge in [-0.3, -0.25) is 9.59 Å². The highest BCUT2D eigenvalue weighted by atomic mass is 32.2. The van der Waals surface area contributed by atoms with Gasteiger partial charge in [0.15, 0.2) is 0 Å². The molecule has 0 aromatic heterocycles. The number of thioether (sulfide) groups is 1. The predicted octanol–water partition coefficient (Wildman–Crippen LogP) is -0.143. The first-order valence-corrected chi connectivity index (χ1v) is 7.42. The highest BCUT2D eigenvalue weighted by Gasteiger charge is 2.23. The van der Waals surface area contributed by atoms with Crippen molar-refractivity contribution in [3.05, 3.63) is 0 Å². The molecule has 2 N–H and O–H groups in total. The summed E-state index contributed by atoms with van der Waals surface area (Å²) < 4.78 is 9.76. The summed E-state index contributed by atoms with van der Waals surface area (Å²) in [6.45, 7) is 4.41. The molecule has 2 atom stereocenters. The van der Waals surface area contributed by atoms with E-state index >= 15 is 0 Å². The highest BCUT2D eigenvalue weighted by Crippen LogP contribution is 2.16. The fourth-order valence-corrected chi connectivity index (χ4v) is 2.79. The van der Waals surface area contributed by atoms with Crippen molar-refractivity contribution in [2.24, 2.45) is 5.73 Å². The number of hydrogen-bond donors (Lipinski definition) is 1. The third kappa shape index (κ3) is 5.38. The van der Waals surface area contributed by atoms with Crippen LogP contribution >= 0.6 is 11.8 Å². The Kier molecular flexibility index (Phi) is 7.19. The quantitative estimate of drug-likeness (QED) is 0.686. The topological polar surface area (TPSA) is 81.9 Å². The Morgan fingerprint density at radius 3 is 2.63 bits per heavy atom. The molecule has 1 saturated heterocycles. The summed E-state index contributed by atoms with van der Waals surface area (Å²) in [6.07, 6.45) is 0.512. The number of morpholine rings is 1. The SMILES string of the molecule is COC(=O)C(N)CCSC(C)C(=O)N1CCOCC1. The Morgan fingerprint density at radius 2 is 2.05 bits per heavy atom. The first kappa shape index (κ1) is 16.3. The van der Waals surface area contributed by atoms with Gasteiger partial charge in [0, 0.05) is 13.1 Å². The van der Waals surface area contributed by atoms with Crippen LogP contribution in [-0.2, 0) is 19.1 Å². The second kappa shape index (κ2) is 8.39. The van der Waals surface area contributed by atoms with Crippen LogP contribution < -0.4 is 5.73 Å². The Morgan fingerprint density at radius 1 is 1.42 bits per heavy atom. The lowest BCUT2D eigenvalue weighted by Gasteiger charge is -2.29. The van der Waals surface area contributed by atoms with Crippen LogP contribution in [0.1, 0.15) is 13.3 Å². The lowest BCUT2D eigenvalue weighted by molar-refractivity contribution is -0.142. The fraction of sp³-hybridized carbons (Fsp3) is 0.833. The van der Waals surface area contributed by atoms with Gasteiger partial charge >= 0.3 is 5.97 Å². The van der Waals surface area contributed by atoms with Crippen molar-refractivity contribution in [3.63, 3.8) is 0 Å². The van der Waals surface area contributed by atoms with E-state index in [1.807, 2.05) is 11.8 Å². The molecule has 1 rings (SSSR count). The molecule has 7 heteroatoms. The molecule has 110 valence electrons. The summed E-state index contributed by atoms with van der Waals surface area (Å²) in [6, 6.07) is -0.608. The van der Waals surface area contributed by atoms with Gasteiger partial charge in [-0.15, -0.1) is 11.8 Å². The van der Waals surface area contributed by atoms with Crippen LogP contribution in [0, 0.1) is 0 Å². The number of esters is 1. The van der Waals surface area contributed by atoms with E-state index < -0.39 is 12.0 Å². The van der Waals surface area contributed by atoms with Crippen LogP contribution in [0.4, 0.5) is 0 Å². The van der Waals surface area contributed by atoms with Gasteiger partial charge in [0.05, 0.1) is 25.6 Å². The van der Waals surface area contributed by atoms with Crippen LogP contribution in [0.2, 0.25) is 0 Å². The minimum atomic E-state index is -0.608. The summed E-state index contributed by atoms with van der Waals surface area (Å²) in [4.78, 5) is 25.0. The van der Waals surface area contributed by atoms with E-state index in [1.165, 1.54) is 18.9 Å². The average molecular weight is 290 g/mol. The van der Waals surface area contributed by atoms with Crippen LogP contribution in [0.25, 0.3) is 0 Å². The van der Waals surface area contributed by atoms with Crippen LogP contribution in [0.15, 0.2) is 0 Å². The Balaban J connectivity index is 2.24. The first-order valence-electron chi connectivity index (χ1n) is 6.37. The molecular formula is C12H22N2O4S. The van der Waals surface area contributed by atoms with Crippen LogP contribution in [0.3, 0.4) is 0 Å². The van der Waals surface area contributed by atoms with Gasteiger partial charge < -0.3 is 20.1 Å². The van der Waals surface area contributed by atoms with Crippen LogP contribution in [0.5, 0.6) is 0 Å². The Bertz CT molecular complexity index is 308. The van der Waals surface area contributed by atoms with Crippen molar-refractivity contribution < 1.29 is 19.1 Å². The highest BCUT2D eigenvalue weighted by molar-refractivity contribution is 8.00. The van der Waals surface area contributed by atoms with E-state index in [9.17, 15) is 9.59 Å². The molecule has 1 aliphatic rings. The minimum absolute atomic E-state index is 0.122. The van der Waals surface area contributed by atoms with Crippen molar-refractivity contribution in [1.82, 2.24) is 4.90 Å². The molecule has 0 saturated carbocycles. The monoisotopic (exact) mass is 290 g/mol. The zero-order chi connectivity index (χ0) is 14.3. The fourth-order valence-electron chi connectivity index (χ4n) is 1.75.